The molecular formula is C16H23FN2O2. The maximum atomic E-state index is 12.8. The van der Waals surface area contributed by atoms with Gasteiger partial charge in [0.1, 0.15) is 5.82 Å². The molecule has 1 aliphatic heterocycles. The number of nitrogens with zero attached hydrogens (tertiary/aromatic N) is 1. The van der Waals surface area contributed by atoms with Gasteiger partial charge in [0, 0.05) is 25.3 Å². The number of aliphatic hydroxyl groups excluding tert-OH is 1. The van der Waals surface area contributed by atoms with Crippen LogP contribution in [0.15, 0.2) is 24.3 Å². The molecule has 1 aliphatic rings. The van der Waals surface area contributed by atoms with Crippen molar-refractivity contribution in [2.45, 2.75) is 19.3 Å². The zero-order chi connectivity index (χ0) is 15.1. The van der Waals surface area contributed by atoms with E-state index in [1.165, 1.54) is 24.3 Å². The van der Waals surface area contributed by atoms with Gasteiger partial charge in [-0.15, -0.1) is 0 Å². The van der Waals surface area contributed by atoms with Crippen molar-refractivity contribution >= 4 is 5.91 Å². The van der Waals surface area contributed by atoms with E-state index in [4.69, 9.17) is 5.11 Å². The molecule has 0 aromatic heterocycles. The second-order valence-corrected chi connectivity index (χ2v) is 5.58. The number of carbonyl (C=O) groups is 1. The standard InChI is InChI=1S/C16H23FN2O2/c17-15-4-2-14(3-5-15)16(21)18-12-13-6-9-19(10-7-13)8-1-11-20/h2-5,13,20H,1,6-12H2,(H,18,21). The minimum absolute atomic E-state index is 0.141. The molecule has 2 rings (SSSR count). The molecule has 5 heteroatoms. The Kier molecular flexibility index (Phi) is 6.14. The van der Waals surface area contributed by atoms with Crippen molar-refractivity contribution in [3.8, 4) is 0 Å². The van der Waals surface area contributed by atoms with Crippen LogP contribution in [0.4, 0.5) is 4.39 Å². The minimum Gasteiger partial charge on any atom is -0.396 e. The molecule has 1 fully saturated rings. The molecule has 0 bridgehead atoms. The Hall–Kier alpha value is -1.46. The fraction of sp³-hybridized carbons (Fsp3) is 0.562. The van der Waals surface area contributed by atoms with Gasteiger partial charge >= 0.3 is 0 Å². The molecule has 1 saturated heterocycles. The quantitative estimate of drug-likeness (QED) is 0.839. The number of halogens is 1. The monoisotopic (exact) mass is 294 g/mol. The highest BCUT2D eigenvalue weighted by Gasteiger charge is 2.19. The number of piperidine rings is 1. The largest absolute Gasteiger partial charge is 0.396 e. The van der Waals surface area contributed by atoms with Crippen molar-refractivity contribution < 1.29 is 14.3 Å². The van der Waals surface area contributed by atoms with E-state index >= 15 is 0 Å². The highest BCUT2D eigenvalue weighted by Crippen LogP contribution is 2.16. The summed E-state index contributed by atoms with van der Waals surface area (Å²) in [7, 11) is 0. The van der Waals surface area contributed by atoms with Crippen molar-refractivity contribution in [1.82, 2.24) is 10.2 Å². The van der Waals surface area contributed by atoms with Crippen LogP contribution >= 0.6 is 0 Å². The van der Waals surface area contributed by atoms with Gasteiger partial charge in [-0.05, 0) is 62.5 Å². The fourth-order valence-electron chi connectivity index (χ4n) is 2.65. The van der Waals surface area contributed by atoms with Gasteiger partial charge in [0.05, 0.1) is 0 Å². The van der Waals surface area contributed by atoms with E-state index in [-0.39, 0.29) is 18.3 Å². The number of aliphatic hydroxyl groups is 1. The predicted molar refractivity (Wildman–Crippen MR) is 79.6 cm³/mol. The summed E-state index contributed by atoms with van der Waals surface area (Å²) in [6.45, 7) is 3.91. The van der Waals surface area contributed by atoms with Crippen LogP contribution in [0, 0.1) is 11.7 Å². The molecule has 0 unspecified atom stereocenters. The van der Waals surface area contributed by atoms with Gasteiger partial charge in [-0.3, -0.25) is 4.79 Å². The number of likely N-dealkylation sites (tertiary alicyclic amines) is 1. The average molecular weight is 294 g/mol. The molecule has 2 N–H and O–H groups in total. The molecule has 1 amide bonds. The zero-order valence-corrected chi connectivity index (χ0v) is 12.2. The predicted octanol–water partition coefficient (Wildman–Crippen LogP) is 1.65. The third-order valence-corrected chi connectivity index (χ3v) is 4.00. The third kappa shape index (κ3) is 5.10. The van der Waals surface area contributed by atoms with Gasteiger partial charge in [0.15, 0.2) is 0 Å². The summed E-state index contributed by atoms with van der Waals surface area (Å²) in [5.41, 5.74) is 0.497. The Balaban J connectivity index is 1.69. The molecule has 0 atom stereocenters. The summed E-state index contributed by atoms with van der Waals surface area (Å²) < 4.78 is 12.8. The van der Waals surface area contributed by atoms with E-state index in [0.717, 1.165) is 38.9 Å². The van der Waals surface area contributed by atoms with Gasteiger partial charge < -0.3 is 15.3 Å². The molecule has 0 saturated carbocycles. The molecular weight excluding hydrogens is 271 g/mol. The fourth-order valence-corrected chi connectivity index (χ4v) is 2.65. The highest BCUT2D eigenvalue weighted by atomic mass is 19.1. The van der Waals surface area contributed by atoms with Crippen LogP contribution < -0.4 is 5.32 Å². The van der Waals surface area contributed by atoms with E-state index in [2.05, 4.69) is 10.2 Å². The lowest BCUT2D eigenvalue weighted by Gasteiger charge is -2.31. The van der Waals surface area contributed by atoms with Crippen molar-refractivity contribution in [2.75, 3.05) is 32.8 Å². The normalized spacial score (nSPS) is 16.9. The van der Waals surface area contributed by atoms with E-state index < -0.39 is 0 Å². The lowest BCUT2D eigenvalue weighted by Crippen LogP contribution is -2.39. The maximum absolute atomic E-state index is 12.8. The topological polar surface area (TPSA) is 52.6 Å². The van der Waals surface area contributed by atoms with Crippen LogP contribution in [0.5, 0.6) is 0 Å². The molecule has 4 nitrogen and oxygen atoms in total. The first-order valence-corrected chi connectivity index (χ1v) is 7.56. The van der Waals surface area contributed by atoms with Crippen LogP contribution in [-0.2, 0) is 0 Å². The Bertz CT molecular complexity index is 442. The third-order valence-electron chi connectivity index (χ3n) is 4.00. The number of benzene rings is 1. The van der Waals surface area contributed by atoms with Crippen LogP contribution in [0.25, 0.3) is 0 Å². The lowest BCUT2D eigenvalue weighted by molar-refractivity contribution is 0.0934. The number of carbonyl (C=O) groups excluding carboxylic acids is 1. The van der Waals surface area contributed by atoms with Crippen LogP contribution in [0.2, 0.25) is 0 Å². The van der Waals surface area contributed by atoms with Crippen molar-refractivity contribution in [3.63, 3.8) is 0 Å². The smallest absolute Gasteiger partial charge is 0.251 e. The summed E-state index contributed by atoms with van der Waals surface area (Å²) in [6.07, 6.45) is 2.95. The van der Waals surface area contributed by atoms with Gasteiger partial charge in [0.2, 0.25) is 0 Å². The number of hydrogen-bond acceptors (Lipinski definition) is 3. The zero-order valence-electron chi connectivity index (χ0n) is 12.2. The number of rotatable bonds is 6. The summed E-state index contributed by atoms with van der Waals surface area (Å²) in [6, 6.07) is 5.60. The molecule has 1 aromatic rings. The summed E-state index contributed by atoms with van der Waals surface area (Å²) in [5, 5.41) is 11.7. The Morgan fingerprint density at radius 2 is 1.95 bits per heavy atom. The second-order valence-electron chi connectivity index (χ2n) is 5.58. The highest BCUT2D eigenvalue weighted by molar-refractivity contribution is 5.94. The Labute approximate surface area is 125 Å². The summed E-state index contributed by atoms with van der Waals surface area (Å²) in [5.74, 6) is 0.0271. The SMILES string of the molecule is O=C(NCC1CCN(CCCO)CC1)c1ccc(F)cc1. The van der Waals surface area contributed by atoms with Crippen LogP contribution in [0.1, 0.15) is 29.6 Å². The van der Waals surface area contributed by atoms with Crippen molar-refractivity contribution in [1.29, 1.82) is 0 Å². The van der Waals surface area contributed by atoms with Crippen LogP contribution in [0.3, 0.4) is 0 Å². The molecule has 0 aliphatic carbocycles. The first-order valence-electron chi connectivity index (χ1n) is 7.56. The number of hydrogen-bond donors (Lipinski definition) is 2. The van der Waals surface area contributed by atoms with Gasteiger partial charge in [0.25, 0.3) is 5.91 Å². The van der Waals surface area contributed by atoms with Gasteiger partial charge in [-0.2, -0.15) is 0 Å². The van der Waals surface area contributed by atoms with E-state index in [0.29, 0.717) is 18.0 Å². The van der Waals surface area contributed by atoms with E-state index in [9.17, 15) is 9.18 Å². The Morgan fingerprint density at radius 3 is 2.57 bits per heavy atom. The summed E-state index contributed by atoms with van der Waals surface area (Å²) >= 11 is 0. The lowest BCUT2D eigenvalue weighted by atomic mass is 9.96. The average Bonchev–Trinajstić information content (AvgIpc) is 2.52. The number of amides is 1. The van der Waals surface area contributed by atoms with Crippen LogP contribution in [-0.4, -0.2) is 48.7 Å². The molecule has 0 spiro atoms. The second kappa shape index (κ2) is 8.10. The van der Waals surface area contributed by atoms with E-state index in [1.807, 2.05) is 0 Å². The number of nitrogens with one attached hydrogen (secondary N) is 1. The van der Waals surface area contributed by atoms with Gasteiger partial charge in [-0.1, -0.05) is 0 Å². The van der Waals surface area contributed by atoms with Crippen molar-refractivity contribution in [3.05, 3.63) is 35.6 Å². The molecule has 21 heavy (non-hydrogen) atoms. The first kappa shape index (κ1) is 15.9. The molecule has 0 radical (unpaired) electrons. The Morgan fingerprint density at radius 1 is 1.29 bits per heavy atom. The summed E-state index contributed by atoms with van der Waals surface area (Å²) in [4.78, 5) is 14.3. The molecule has 116 valence electrons. The van der Waals surface area contributed by atoms with Crippen molar-refractivity contribution in [2.24, 2.45) is 5.92 Å². The van der Waals surface area contributed by atoms with E-state index in [1.54, 1.807) is 0 Å². The maximum Gasteiger partial charge on any atom is 0.251 e. The molecule has 1 aromatic carbocycles. The molecule has 1 heterocycles. The van der Waals surface area contributed by atoms with Gasteiger partial charge in [-0.25, -0.2) is 4.39 Å². The first-order chi connectivity index (χ1) is 10.2. The minimum atomic E-state index is -0.332.